The van der Waals surface area contributed by atoms with Crippen molar-refractivity contribution in [2.75, 3.05) is 19.8 Å². The summed E-state index contributed by atoms with van der Waals surface area (Å²) in [5.41, 5.74) is 0.167. The number of nitrogens with one attached hydrogen (secondary N) is 1. The second-order valence-corrected chi connectivity index (χ2v) is 5.63. The normalized spacial score (nSPS) is 23.6. The summed E-state index contributed by atoms with van der Waals surface area (Å²) in [6, 6.07) is 0. The lowest BCUT2D eigenvalue weighted by atomic mass is 10.1. The van der Waals surface area contributed by atoms with Gasteiger partial charge in [-0.1, -0.05) is 6.92 Å². The van der Waals surface area contributed by atoms with E-state index in [1.54, 1.807) is 0 Å². The molecule has 1 fully saturated rings. The topological polar surface area (TPSA) is 30.5 Å². The average molecular weight is 229 g/mol. The molecule has 0 aromatic carbocycles. The van der Waals surface area contributed by atoms with Gasteiger partial charge in [-0.3, -0.25) is 0 Å². The van der Waals surface area contributed by atoms with E-state index in [2.05, 4.69) is 33.0 Å². The van der Waals surface area contributed by atoms with Gasteiger partial charge in [0.05, 0.1) is 18.8 Å². The summed E-state index contributed by atoms with van der Waals surface area (Å²) in [7, 11) is 0. The molecule has 0 aromatic rings. The maximum atomic E-state index is 5.88. The number of hydrogen-bond acceptors (Lipinski definition) is 3. The lowest BCUT2D eigenvalue weighted by Crippen LogP contribution is -2.42. The van der Waals surface area contributed by atoms with Crippen molar-refractivity contribution in [2.24, 2.45) is 0 Å². The largest absolute Gasteiger partial charge is 0.376 e. The Hall–Kier alpha value is -0.120. The summed E-state index contributed by atoms with van der Waals surface area (Å²) >= 11 is 0. The third kappa shape index (κ3) is 5.83. The van der Waals surface area contributed by atoms with E-state index in [0.29, 0.717) is 12.2 Å². The lowest BCUT2D eigenvalue weighted by Gasteiger charge is -2.25. The monoisotopic (exact) mass is 229 g/mol. The zero-order chi connectivity index (χ0) is 12.0. The zero-order valence-corrected chi connectivity index (χ0v) is 11.2. The van der Waals surface area contributed by atoms with Crippen molar-refractivity contribution in [3.05, 3.63) is 0 Å². The molecule has 0 bridgehead atoms. The van der Waals surface area contributed by atoms with Gasteiger partial charge < -0.3 is 14.8 Å². The number of ether oxygens (including phenoxy) is 2. The van der Waals surface area contributed by atoms with Crippen molar-refractivity contribution >= 4 is 0 Å². The highest BCUT2D eigenvalue weighted by molar-refractivity contribution is 4.73. The molecule has 1 aliphatic heterocycles. The van der Waals surface area contributed by atoms with Gasteiger partial charge >= 0.3 is 0 Å². The molecule has 1 heterocycles. The van der Waals surface area contributed by atoms with Crippen LogP contribution >= 0.6 is 0 Å². The molecule has 0 amide bonds. The van der Waals surface area contributed by atoms with Crippen molar-refractivity contribution in [1.29, 1.82) is 0 Å². The number of rotatable bonds is 6. The number of hydrogen-bond donors (Lipinski definition) is 1. The van der Waals surface area contributed by atoms with Crippen LogP contribution in [0.2, 0.25) is 0 Å². The van der Waals surface area contributed by atoms with Crippen molar-refractivity contribution in [1.82, 2.24) is 5.32 Å². The Kier molecular flexibility index (Phi) is 5.73. The summed E-state index contributed by atoms with van der Waals surface area (Å²) in [6.45, 7) is 11.3. The minimum Gasteiger partial charge on any atom is -0.376 e. The first kappa shape index (κ1) is 13.9. The van der Waals surface area contributed by atoms with Crippen LogP contribution in [0.5, 0.6) is 0 Å². The zero-order valence-electron chi connectivity index (χ0n) is 11.2. The van der Waals surface area contributed by atoms with E-state index >= 15 is 0 Å². The van der Waals surface area contributed by atoms with E-state index in [1.807, 2.05) is 0 Å². The van der Waals surface area contributed by atoms with Crippen LogP contribution in [0, 0.1) is 0 Å². The second kappa shape index (κ2) is 6.58. The molecule has 96 valence electrons. The second-order valence-electron chi connectivity index (χ2n) is 5.63. The fourth-order valence-electron chi connectivity index (χ4n) is 1.76. The summed E-state index contributed by atoms with van der Waals surface area (Å²) < 4.78 is 11.4. The maximum absolute atomic E-state index is 5.88. The molecule has 1 aliphatic rings. The lowest BCUT2D eigenvalue weighted by molar-refractivity contribution is -0.0224. The molecule has 1 saturated heterocycles. The van der Waals surface area contributed by atoms with E-state index in [-0.39, 0.29) is 5.54 Å². The highest BCUT2D eigenvalue weighted by Crippen LogP contribution is 2.13. The molecule has 0 spiro atoms. The van der Waals surface area contributed by atoms with Crippen LogP contribution in [0.3, 0.4) is 0 Å². The molecule has 1 rings (SSSR count). The third-order valence-corrected chi connectivity index (χ3v) is 2.86. The standard InChI is InChI=1S/C13H27NO2/c1-5-11(9-14-13(2,3)4)16-10-12-7-6-8-15-12/h11-12,14H,5-10H2,1-4H3. The van der Waals surface area contributed by atoms with Crippen molar-refractivity contribution < 1.29 is 9.47 Å². The Labute approximate surface area is 99.9 Å². The van der Waals surface area contributed by atoms with Crippen LogP contribution < -0.4 is 5.32 Å². The van der Waals surface area contributed by atoms with Gasteiger partial charge in [-0.2, -0.15) is 0 Å². The Morgan fingerprint density at radius 2 is 2.19 bits per heavy atom. The van der Waals surface area contributed by atoms with E-state index in [1.165, 1.54) is 6.42 Å². The first-order valence-electron chi connectivity index (χ1n) is 6.49. The quantitative estimate of drug-likeness (QED) is 0.758. The molecule has 3 nitrogen and oxygen atoms in total. The van der Waals surface area contributed by atoms with E-state index in [9.17, 15) is 0 Å². The van der Waals surface area contributed by atoms with Gasteiger partial charge in [0, 0.05) is 18.7 Å². The van der Waals surface area contributed by atoms with Gasteiger partial charge in [0.25, 0.3) is 0 Å². The van der Waals surface area contributed by atoms with Crippen molar-refractivity contribution in [2.45, 2.75) is 64.7 Å². The molecule has 2 atom stereocenters. The first-order chi connectivity index (χ1) is 7.51. The van der Waals surface area contributed by atoms with Crippen LogP contribution in [0.1, 0.15) is 47.0 Å². The Balaban J connectivity index is 2.15. The van der Waals surface area contributed by atoms with Gasteiger partial charge in [0.2, 0.25) is 0 Å². The maximum Gasteiger partial charge on any atom is 0.0809 e. The van der Waals surface area contributed by atoms with Crippen LogP contribution in [0.25, 0.3) is 0 Å². The molecular formula is C13H27NO2. The molecule has 3 heteroatoms. The van der Waals surface area contributed by atoms with Crippen LogP contribution in [-0.2, 0) is 9.47 Å². The van der Waals surface area contributed by atoms with Crippen LogP contribution in [0.4, 0.5) is 0 Å². The van der Waals surface area contributed by atoms with Crippen LogP contribution in [-0.4, -0.2) is 37.5 Å². The van der Waals surface area contributed by atoms with E-state index < -0.39 is 0 Å². The molecule has 0 saturated carbocycles. The van der Waals surface area contributed by atoms with E-state index in [4.69, 9.17) is 9.47 Å². The Morgan fingerprint density at radius 3 is 2.69 bits per heavy atom. The molecule has 16 heavy (non-hydrogen) atoms. The van der Waals surface area contributed by atoms with E-state index in [0.717, 1.165) is 32.6 Å². The summed E-state index contributed by atoms with van der Waals surface area (Å²) in [4.78, 5) is 0. The van der Waals surface area contributed by atoms with Crippen LogP contribution in [0.15, 0.2) is 0 Å². The fraction of sp³-hybridized carbons (Fsp3) is 1.00. The molecule has 0 radical (unpaired) electrons. The minimum atomic E-state index is 0.167. The molecule has 0 aromatic heterocycles. The third-order valence-electron chi connectivity index (χ3n) is 2.86. The summed E-state index contributed by atoms with van der Waals surface area (Å²) in [5, 5.41) is 3.48. The molecule has 0 aliphatic carbocycles. The molecule has 2 unspecified atom stereocenters. The Morgan fingerprint density at radius 1 is 1.44 bits per heavy atom. The van der Waals surface area contributed by atoms with Gasteiger partial charge in [0.15, 0.2) is 0 Å². The Bertz CT molecular complexity index is 183. The summed E-state index contributed by atoms with van der Waals surface area (Å²) in [6.07, 6.45) is 4.04. The van der Waals surface area contributed by atoms with Crippen molar-refractivity contribution in [3.63, 3.8) is 0 Å². The van der Waals surface area contributed by atoms with Gasteiger partial charge in [-0.05, 0) is 40.0 Å². The van der Waals surface area contributed by atoms with Crippen molar-refractivity contribution in [3.8, 4) is 0 Å². The van der Waals surface area contributed by atoms with Gasteiger partial charge in [-0.25, -0.2) is 0 Å². The fourth-order valence-corrected chi connectivity index (χ4v) is 1.76. The van der Waals surface area contributed by atoms with Gasteiger partial charge in [-0.15, -0.1) is 0 Å². The highest BCUT2D eigenvalue weighted by atomic mass is 16.5. The predicted octanol–water partition coefficient (Wildman–Crippen LogP) is 2.35. The highest BCUT2D eigenvalue weighted by Gasteiger charge is 2.18. The summed E-state index contributed by atoms with van der Waals surface area (Å²) in [5.74, 6) is 0. The minimum absolute atomic E-state index is 0.167. The smallest absolute Gasteiger partial charge is 0.0809 e. The predicted molar refractivity (Wildman–Crippen MR) is 66.8 cm³/mol. The average Bonchev–Trinajstić information content (AvgIpc) is 2.69. The van der Waals surface area contributed by atoms with Gasteiger partial charge in [0.1, 0.15) is 0 Å². The SMILES string of the molecule is CCC(CNC(C)(C)C)OCC1CCCO1. The first-order valence-corrected chi connectivity index (χ1v) is 6.49. The molecule has 1 N–H and O–H groups in total. The molecular weight excluding hydrogens is 202 g/mol.